The van der Waals surface area contributed by atoms with Gasteiger partial charge in [0.15, 0.2) is 11.5 Å². The second kappa shape index (κ2) is 7.69. The van der Waals surface area contributed by atoms with Gasteiger partial charge < -0.3 is 9.84 Å². The Morgan fingerprint density at radius 2 is 1.93 bits per heavy atom. The molecule has 0 spiro atoms. The quantitative estimate of drug-likeness (QED) is 0.564. The van der Waals surface area contributed by atoms with E-state index in [4.69, 9.17) is 17.0 Å². The SMILES string of the molecule is COc1cc(C=C2SC(=O)N(NS(=O)(=O)c3ccccc3)C2=S)ccc1O. The number of thiocarbonyl (C=S) groups is 1. The Balaban J connectivity index is 1.85. The van der Waals surface area contributed by atoms with Crippen molar-refractivity contribution in [3.05, 3.63) is 59.0 Å². The van der Waals surface area contributed by atoms with E-state index < -0.39 is 15.3 Å². The average molecular weight is 423 g/mol. The van der Waals surface area contributed by atoms with Gasteiger partial charge in [0.2, 0.25) is 0 Å². The molecular formula is C17H14N2O5S3. The van der Waals surface area contributed by atoms with Gasteiger partial charge in [0, 0.05) is 0 Å². The van der Waals surface area contributed by atoms with Crippen molar-refractivity contribution >= 4 is 50.3 Å². The fourth-order valence-corrected chi connectivity index (χ4v) is 4.57. The van der Waals surface area contributed by atoms with Crippen molar-refractivity contribution in [3.8, 4) is 11.5 Å². The highest BCUT2D eigenvalue weighted by molar-refractivity contribution is 8.19. The third-order valence-electron chi connectivity index (χ3n) is 3.56. The van der Waals surface area contributed by atoms with Crippen LogP contribution in [-0.2, 0) is 10.0 Å². The van der Waals surface area contributed by atoms with Crippen LogP contribution in [0.2, 0.25) is 0 Å². The van der Waals surface area contributed by atoms with Crippen molar-refractivity contribution in [2.45, 2.75) is 4.90 Å². The van der Waals surface area contributed by atoms with E-state index in [1.807, 2.05) is 0 Å². The Morgan fingerprint density at radius 3 is 2.59 bits per heavy atom. The molecule has 0 radical (unpaired) electrons. The number of nitrogens with one attached hydrogen (secondary N) is 1. The van der Waals surface area contributed by atoms with Gasteiger partial charge in [-0.25, -0.2) is 13.4 Å². The summed E-state index contributed by atoms with van der Waals surface area (Å²) < 4.78 is 29.9. The predicted molar refractivity (Wildman–Crippen MR) is 107 cm³/mol. The lowest BCUT2D eigenvalue weighted by Crippen LogP contribution is -2.44. The minimum Gasteiger partial charge on any atom is -0.504 e. The number of sulfonamides is 1. The van der Waals surface area contributed by atoms with Crippen LogP contribution in [-0.4, -0.2) is 35.9 Å². The number of carbonyl (C=O) groups is 1. The first kappa shape index (κ1) is 19.4. The molecule has 27 heavy (non-hydrogen) atoms. The molecule has 2 aromatic rings. The molecule has 0 atom stereocenters. The Morgan fingerprint density at radius 1 is 1.22 bits per heavy atom. The number of aromatic hydroxyl groups is 1. The molecule has 1 aliphatic rings. The van der Waals surface area contributed by atoms with Crippen molar-refractivity contribution in [1.82, 2.24) is 9.84 Å². The number of rotatable bonds is 5. The van der Waals surface area contributed by atoms with Crippen LogP contribution in [0.3, 0.4) is 0 Å². The van der Waals surface area contributed by atoms with E-state index in [1.54, 1.807) is 36.4 Å². The molecule has 1 heterocycles. The van der Waals surface area contributed by atoms with Gasteiger partial charge in [0.05, 0.1) is 16.9 Å². The molecule has 0 aliphatic carbocycles. The number of hydrazine groups is 1. The van der Waals surface area contributed by atoms with Gasteiger partial charge in [0.25, 0.3) is 10.0 Å². The number of hydrogen-bond acceptors (Lipinski definition) is 7. The molecule has 10 heteroatoms. The second-order valence-electron chi connectivity index (χ2n) is 5.36. The summed E-state index contributed by atoms with van der Waals surface area (Å²) in [6.07, 6.45) is 1.61. The molecule has 2 N–H and O–H groups in total. The lowest BCUT2D eigenvalue weighted by atomic mass is 10.2. The lowest BCUT2D eigenvalue weighted by Gasteiger charge is -2.16. The van der Waals surface area contributed by atoms with Crippen LogP contribution in [0.15, 0.2) is 58.3 Å². The van der Waals surface area contributed by atoms with Gasteiger partial charge in [-0.15, -0.1) is 4.83 Å². The third kappa shape index (κ3) is 4.14. The minimum atomic E-state index is -3.95. The molecule has 1 amide bonds. The van der Waals surface area contributed by atoms with Crippen LogP contribution in [0, 0.1) is 0 Å². The summed E-state index contributed by atoms with van der Waals surface area (Å²) in [7, 11) is -2.53. The Bertz CT molecular complexity index is 1040. The van der Waals surface area contributed by atoms with E-state index >= 15 is 0 Å². The number of ether oxygens (including phenoxy) is 1. The van der Waals surface area contributed by atoms with Crippen molar-refractivity contribution in [1.29, 1.82) is 0 Å². The zero-order chi connectivity index (χ0) is 19.6. The highest BCUT2D eigenvalue weighted by atomic mass is 32.2. The van der Waals surface area contributed by atoms with Crippen LogP contribution in [0.4, 0.5) is 4.79 Å². The molecule has 1 aliphatic heterocycles. The van der Waals surface area contributed by atoms with Gasteiger partial charge in [-0.05, 0) is 47.7 Å². The maximum absolute atomic E-state index is 12.4. The van der Waals surface area contributed by atoms with Crippen molar-refractivity contribution in [2.24, 2.45) is 0 Å². The van der Waals surface area contributed by atoms with Gasteiger partial charge in [-0.1, -0.05) is 36.5 Å². The summed E-state index contributed by atoms with van der Waals surface area (Å²) in [5, 5.41) is 9.92. The zero-order valence-electron chi connectivity index (χ0n) is 13.9. The maximum Gasteiger partial charge on any atom is 0.307 e. The van der Waals surface area contributed by atoms with Crippen LogP contribution in [0.5, 0.6) is 11.5 Å². The molecule has 0 saturated carbocycles. The summed E-state index contributed by atoms with van der Waals surface area (Å²) in [6.45, 7) is 0. The van der Waals surface area contributed by atoms with Gasteiger partial charge in [0.1, 0.15) is 4.99 Å². The summed E-state index contributed by atoms with van der Waals surface area (Å²) in [4.78, 5) is 14.9. The first-order chi connectivity index (χ1) is 12.8. The van der Waals surface area contributed by atoms with Crippen LogP contribution in [0.1, 0.15) is 5.56 Å². The molecule has 1 fully saturated rings. The maximum atomic E-state index is 12.4. The Kier molecular flexibility index (Phi) is 5.51. The number of hydrogen-bond donors (Lipinski definition) is 2. The van der Waals surface area contributed by atoms with Gasteiger partial charge in [-0.2, -0.15) is 0 Å². The summed E-state index contributed by atoms with van der Waals surface area (Å²) in [5.41, 5.74) is 0.634. The third-order valence-corrected chi connectivity index (χ3v) is 6.30. The van der Waals surface area contributed by atoms with Crippen LogP contribution < -0.4 is 9.57 Å². The second-order valence-corrected chi connectivity index (χ2v) is 8.40. The first-order valence-corrected chi connectivity index (χ1v) is 10.2. The fourth-order valence-electron chi connectivity index (χ4n) is 2.25. The number of nitrogens with zero attached hydrogens (tertiary/aromatic N) is 1. The lowest BCUT2D eigenvalue weighted by molar-refractivity contribution is 0.241. The highest BCUT2D eigenvalue weighted by Crippen LogP contribution is 2.34. The van der Waals surface area contributed by atoms with Gasteiger partial charge >= 0.3 is 5.24 Å². The number of phenols is 1. The number of benzene rings is 2. The topological polar surface area (TPSA) is 95.9 Å². The molecule has 140 valence electrons. The van der Waals surface area contributed by atoms with E-state index in [9.17, 15) is 18.3 Å². The number of carbonyl (C=O) groups excluding carboxylic acids is 1. The molecule has 0 bridgehead atoms. The monoisotopic (exact) mass is 422 g/mol. The minimum absolute atomic E-state index is 0.0189. The molecule has 0 aromatic heterocycles. The normalized spacial score (nSPS) is 16.2. The molecule has 7 nitrogen and oxygen atoms in total. The summed E-state index contributed by atoms with van der Waals surface area (Å²) in [5.74, 6) is 0.251. The Hall–Kier alpha value is -2.40. The number of thioether (sulfide) groups is 1. The molecule has 0 unspecified atom stereocenters. The van der Waals surface area contributed by atoms with Crippen LogP contribution >= 0.6 is 24.0 Å². The predicted octanol–water partition coefficient (Wildman–Crippen LogP) is 3.13. The zero-order valence-corrected chi connectivity index (χ0v) is 16.4. The largest absolute Gasteiger partial charge is 0.504 e. The first-order valence-electron chi connectivity index (χ1n) is 7.54. The van der Waals surface area contributed by atoms with E-state index in [0.717, 1.165) is 16.8 Å². The van der Waals surface area contributed by atoms with Gasteiger partial charge in [-0.3, -0.25) is 4.79 Å². The summed E-state index contributed by atoms with van der Waals surface area (Å²) >= 11 is 6.06. The molecular weight excluding hydrogens is 408 g/mol. The van der Waals surface area contributed by atoms with E-state index in [2.05, 4.69) is 4.83 Å². The van der Waals surface area contributed by atoms with Crippen molar-refractivity contribution in [2.75, 3.05) is 7.11 Å². The highest BCUT2D eigenvalue weighted by Gasteiger charge is 2.35. The number of phenolic OH excluding ortho intramolecular Hbond substituents is 1. The average Bonchev–Trinajstić information content (AvgIpc) is 2.91. The molecule has 3 rings (SSSR count). The standard InChI is InChI=1S/C17H14N2O5S3/c1-24-14-9-11(7-8-13(14)20)10-15-16(25)19(17(21)26-15)18-27(22,23)12-5-3-2-4-6-12/h2-10,18,20H,1H3. The van der Waals surface area contributed by atoms with E-state index in [1.165, 1.54) is 25.3 Å². The van der Waals surface area contributed by atoms with Crippen molar-refractivity contribution in [3.63, 3.8) is 0 Å². The number of amides is 1. The smallest absolute Gasteiger partial charge is 0.307 e. The van der Waals surface area contributed by atoms with E-state index in [-0.39, 0.29) is 21.4 Å². The van der Waals surface area contributed by atoms with Crippen molar-refractivity contribution < 1.29 is 23.1 Å². The fraction of sp³-hybridized carbons (Fsp3) is 0.0588. The Labute approximate surface area is 165 Å². The number of methoxy groups -OCH3 is 1. The van der Waals surface area contributed by atoms with Crippen LogP contribution in [0.25, 0.3) is 6.08 Å². The molecule has 1 saturated heterocycles. The summed E-state index contributed by atoms with van der Waals surface area (Å²) in [6, 6.07) is 12.3. The molecule has 2 aromatic carbocycles. The van der Waals surface area contributed by atoms with E-state index in [0.29, 0.717) is 10.5 Å².